The largest absolute Gasteiger partial charge is 0.467 e. The number of rotatable bonds is 9. The van der Waals surface area contributed by atoms with Gasteiger partial charge in [-0.1, -0.05) is 91.0 Å². The number of ether oxygens (including phenoxy) is 1. The summed E-state index contributed by atoms with van der Waals surface area (Å²) in [7, 11) is 1.39. The van der Waals surface area contributed by atoms with E-state index in [0.717, 1.165) is 23.1 Å². The van der Waals surface area contributed by atoms with E-state index in [-0.39, 0.29) is 11.9 Å². The molecule has 0 N–H and O–H groups in total. The Kier molecular flexibility index (Phi) is 8.10. The van der Waals surface area contributed by atoms with E-state index >= 15 is 0 Å². The van der Waals surface area contributed by atoms with Gasteiger partial charge in [-0.05, 0) is 36.0 Å². The van der Waals surface area contributed by atoms with Gasteiger partial charge in [-0.3, -0.25) is 9.69 Å². The molecule has 3 aromatic carbocycles. The average Bonchev–Trinajstić information content (AvgIpc) is 3.38. The first-order valence-corrected chi connectivity index (χ1v) is 11.9. The molecule has 2 atom stereocenters. The van der Waals surface area contributed by atoms with Gasteiger partial charge in [-0.15, -0.1) is 0 Å². The van der Waals surface area contributed by atoms with Gasteiger partial charge >= 0.3 is 5.97 Å². The Labute approximate surface area is 202 Å². The van der Waals surface area contributed by atoms with E-state index in [0.29, 0.717) is 32.5 Å². The first-order chi connectivity index (χ1) is 16.7. The highest BCUT2D eigenvalue weighted by molar-refractivity contribution is 5.88. The number of esters is 1. The highest BCUT2D eigenvalue weighted by Crippen LogP contribution is 2.24. The van der Waals surface area contributed by atoms with Crippen molar-refractivity contribution in [3.8, 4) is 0 Å². The normalized spacial score (nSPS) is 16.4. The van der Waals surface area contributed by atoms with Gasteiger partial charge in [-0.2, -0.15) is 0 Å². The van der Waals surface area contributed by atoms with Crippen LogP contribution in [0.3, 0.4) is 0 Å². The van der Waals surface area contributed by atoms with Crippen molar-refractivity contribution < 1.29 is 14.3 Å². The Morgan fingerprint density at radius 3 is 1.85 bits per heavy atom. The Hall–Kier alpha value is -3.44. The van der Waals surface area contributed by atoms with Crippen molar-refractivity contribution in [1.82, 2.24) is 9.80 Å². The number of hydrogen-bond donors (Lipinski definition) is 0. The van der Waals surface area contributed by atoms with Gasteiger partial charge in [0.15, 0.2) is 0 Å². The maximum atomic E-state index is 14.1. The molecular weight excluding hydrogens is 424 g/mol. The molecular formula is C29H32N2O3. The summed E-state index contributed by atoms with van der Waals surface area (Å²) >= 11 is 0. The van der Waals surface area contributed by atoms with Crippen LogP contribution >= 0.6 is 0 Å². The molecule has 34 heavy (non-hydrogen) atoms. The zero-order valence-electron chi connectivity index (χ0n) is 19.7. The number of carbonyl (C=O) groups excluding carboxylic acids is 2. The summed E-state index contributed by atoms with van der Waals surface area (Å²) in [6.07, 6.45) is 2.03. The highest BCUT2D eigenvalue weighted by atomic mass is 16.5. The van der Waals surface area contributed by atoms with Gasteiger partial charge in [-0.25, -0.2) is 4.79 Å². The Bertz CT molecular complexity index is 1020. The van der Waals surface area contributed by atoms with E-state index in [9.17, 15) is 9.59 Å². The second-order valence-electron chi connectivity index (χ2n) is 8.79. The number of methoxy groups -OCH3 is 1. The number of carbonyl (C=O) groups is 2. The average molecular weight is 457 g/mol. The molecule has 5 heteroatoms. The quantitative estimate of drug-likeness (QED) is 0.446. The minimum Gasteiger partial charge on any atom is -0.467 e. The monoisotopic (exact) mass is 456 g/mol. The van der Waals surface area contributed by atoms with E-state index in [1.807, 2.05) is 54.6 Å². The Balaban J connectivity index is 1.69. The first kappa shape index (κ1) is 23.7. The van der Waals surface area contributed by atoms with Crippen molar-refractivity contribution in [2.75, 3.05) is 13.7 Å². The lowest BCUT2D eigenvalue weighted by atomic mass is 10.0. The lowest BCUT2D eigenvalue weighted by molar-refractivity contribution is -0.153. The number of benzene rings is 3. The summed E-state index contributed by atoms with van der Waals surface area (Å²) in [6.45, 7) is 1.85. The zero-order valence-corrected chi connectivity index (χ0v) is 19.7. The van der Waals surface area contributed by atoms with Crippen LogP contribution in [-0.2, 0) is 33.8 Å². The second kappa shape index (κ2) is 11.6. The minimum absolute atomic E-state index is 0.0105. The van der Waals surface area contributed by atoms with Crippen LogP contribution in [-0.4, -0.2) is 47.4 Å². The summed E-state index contributed by atoms with van der Waals surface area (Å²) in [6, 6.07) is 29.7. The molecule has 1 heterocycles. The predicted molar refractivity (Wildman–Crippen MR) is 133 cm³/mol. The molecule has 0 unspecified atom stereocenters. The van der Waals surface area contributed by atoms with Crippen molar-refractivity contribution in [3.63, 3.8) is 0 Å². The van der Waals surface area contributed by atoms with Crippen molar-refractivity contribution in [2.24, 2.45) is 0 Å². The maximum absolute atomic E-state index is 14.1. The minimum atomic E-state index is -0.508. The molecule has 0 aliphatic carbocycles. The van der Waals surface area contributed by atoms with Gasteiger partial charge in [0.25, 0.3) is 0 Å². The molecule has 0 saturated carbocycles. The fourth-order valence-electron chi connectivity index (χ4n) is 4.73. The van der Waals surface area contributed by atoms with Crippen LogP contribution in [0.5, 0.6) is 0 Å². The second-order valence-corrected chi connectivity index (χ2v) is 8.79. The van der Waals surface area contributed by atoms with E-state index in [1.54, 1.807) is 4.90 Å². The molecule has 1 aliphatic heterocycles. The van der Waals surface area contributed by atoms with Crippen molar-refractivity contribution in [2.45, 2.75) is 44.4 Å². The topological polar surface area (TPSA) is 49.9 Å². The molecule has 0 aromatic heterocycles. The molecule has 1 fully saturated rings. The Morgan fingerprint density at radius 1 is 0.853 bits per heavy atom. The SMILES string of the molecule is COC(=O)[C@@H]1CCCN1C(=O)[C@@H](Cc1ccccc1)N(Cc1ccccc1)Cc1ccccc1. The summed E-state index contributed by atoms with van der Waals surface area (Å²) in [4.78, 5) is 30.5. The van der Waals surface area contributed by atoms with E-state index < -0.39 is 12.1 Å². The molecule has 0 bridgehead atoms. The third-order valence-electron chi connectivity index (χ3n) is 6.46. The first-order valence-electron chi connectivity index (χ1n) is 11.9. The van der Waals surface area contributed by atoms with Crippen molar-refractivity contribution >= 4 is 11.9 Å². The van der Waals surface area contributed by atoms with Crippen LogP contribution in [0.15, 0.2) is 91.0 Å². The highest BCUT2D eigenvalue weighted by Gasteiger charge is 2.39. The van der Waals surface area contributed by atoms with Gasteiger partial charge in [0, 0.05) is 19.6 Å². The number of nitrogens with zero attached hydrogens (tertiary/aromatic N) is 2. The van der Waals surface area contributed by atoms with Gasteiger partial charge in [0.2, 0.25) is 5.91 Å². The summed E-state index contributed by atoms with van der Waals surface area (Å²) < 4.78 is 5.02. The lowest BCUT2D eigenvalue weighted by Gasteiger charge is -2.35. The van der Waals surface area contributed by atoms with Crippen LogP contribution < -0.4 is 0 Å². The Morgan fingerprint density at radius 2 is 1.35 bits per heavy atom. The molecule has 1 saturated heterocycles. The fraction of sp³-hybridized carbons (Fsp3) is 0.310. The van der Waals surface area contributed by atoms with Crippen molar-refractivity contribution in [1.29, 1.82) is 0 Å². The van der Waals surface area contributed by atoms with Crippen LogP contribution in [0.1, 0.15) is 29.5 Å². The molecule has 1 amide bonds. The van der Waals surface area contributed by atoms with Crippen LogP contribution in [0.2, 0.25) is 0 Å². The zero-order chi connectivity index (χ0) is 23.8. The number of hydrogen-bond acceptors (Lipinski definition) is 4. The fourth-order valence-corrected chi connectivity index (χ4v) is 4.73. The van der Waals surface area contributed by atoms with Gasteiger partial charge < -0.3 is 9.64 Å². The third-order valence-corrected chi connectivity index (χ3v) is 6.46. The molecule has 176 valence electrons. The summed E-state index contributed by atoms with van der Waals surface area (Å²) in [5.41, 5.74) is 3.39. The molecule has 4 rings (SSSR count). The molecule has 5 nitrogen and oxygen atoms in total. The van der Waals surface area contributed by atoms with Crippen LogP contribution in [0.25, 0.3) is 0 Å². The van der Waals surface area contributed by atoms with Crippen molar-refractivity contribution in [3.05, 3.63) is 108 Å². The summed E-state index contributed by atoms with van der Waals surface area (Å²) in [5.74, 6) is -0.342. The standard InChI is InChI=1S/C29H32N2O3/c1-34-29(33)26-18-11-19-31(26)28(32)27(20-23-12-5-2-6-13-23)30(21-24-14-7-3-8-15-24)22-25-16-9-4-10-17-25/h2-10,12-17,26-27H,11,18-22H2,1H3/t26-,27+/m0/s1. The maximum Gasteiger partial charge on any atom is 0.328 e. The van der Waals surface area contributed by atoms with Gasteiger partial charge in [0.05, 0.1) is 13.2 Å². The van der Waals surface area contributed by atoms with Crippen LogP contribution in [0.4, 0.5) is 0 Å². The predicted octanol–water partition coefficient (Wildman–Crippen LogP) is 4.46. The van der Waals surface area contributed by atoms with Gasteiger partial charge in [0.1, 0.15) is 6.04 Å². The smallest absolute Gasteiger partial charge is 0.328 e. The number of amides is 1. The molecule has 1 aliphatic rings. The van der Waals surface area contributed by atoms with E-state index in [1.165, 1.54) is 7.11 Å². The summed E-state index contributed by atoms with van der Waals surface area (Å²) in [5, 5.41) is 0. The third kappa shape index (κ3) is 5.91. The number of likely N-dealkylation sites (tertiary alicyclic amines) is 1. The van der Waals surface area contributed by atoms with E-state index in [4.69, 9.17) is 4.74 Å². The van der Waals surface area contributed by atoms with Crippen LogP contribution in [0, 0.1) is 0 Å². The molecule has 0 spiro atoms. The molecule has 3 aromatic rings. The lowest BCUT2D eigenvalue weighted by Crippen LogP contribution is -2.52. The van der Waals surface area contributed by atoms with E-state index in [2.05, 4.69) is 41.3 Å². The molecule has 0 radical (unpaired) electrons.